The highest BCUT2D eigenvalue weighted by atomic mass is 19.4. The molecule has 3 aromatic rings. The minimum Gasteiger partial charge on any atom is -0.504 e. The summed E-state index contributed by atoms with van der Waals surface area (Å²) < 4.78 is 45.4. The van der Waals surface area contributed by atoms with Crippen molar-refractivity contribution in [3.63, 3.8) is 0 Å². The number of carbonyl (C=O) groups is 1. The van der Waals surface area contributed by atoms with Crippen molar-refractivity contribution in [1.82, 2.24) is 9.80 Å². The van der Waals surface area contributed by atoms with E-state index in [0.717, 1.165) is 42.8 Å². The smallest absolute Gasteiger partial charge is 0.416 e. The van der Waals surface area contributed by atoms with Crippen LogP contribution in [0, 0.1) is 11.8 Å². The summed E-state index contributed by atoms with van der Waals surface area (Å²) in [6, 6.07) is 17.7. The Labute approximate surface area is 254 Å². The van der Waals surface area contributed by atoms with Gasteiger partial charge in [-0.25, -0.2) is 0 Å². The molecular formula is C35H33F3N2O4. The highest BCUT2D eigenvalue weighted by Crippen LogP contribution is 2.65. The lowest BCUT2D eigenvalue weighted by Crippen LogP contribution is -2.78. The summed E-state index contributed by atoms with van der Waals surface area (Å²) in [4.78, 5) is 17.3. The molecule has 1 saturated heterocycles. The number of hydrogen-bond acceptors (Lipinski definition) is 5. The number of phenols is 1. The van der Waals surface area contributed by atoms with Gasteiger partial charge in [0.25, 0.3) is 5.91 Å². The predicted molar refractivity (Wildman–Crippen MR) is 157 cm³/mol. The van der Waals surface area contributed by atoms with Gasteiger partial charge in [0, 0.05) is 36.7 Å². The number of nitrogens with zero attached hydrogens (tertiary/aromatic N) is 2. The molecule has 4 aliphatic rings. The molecule has 2 aliphatic heterocycles. The molecule has 0 radical (unpaired) electrons. The van der Waals surface area contributed by atoms with Crippen LogP contribution in [0.3, 0.4) is 0 Å². The molecule has 0 unspecified atom stereocenters. The van der Waals surface area contributed by atoms with Gasteiger partial charge in [-0.3, -0.25) is 9.69 Å². The maximum Gasteiger partial charge on any atom is 0.416 e. The molecule has 3 aromatic carbocycles. The molecule has 1 amide bonds. The van der Waals surface area contributed by atoms with E-state index in [4.69, 9.17) is 4.74 Å². The molecule has 1 saturated carbocycles. The Morgan fingerprint density at radius 1 is 1.09 bits per heavy atom. The second kappa shape index (κ2) is 10.3. The maximum atomic E-state index is 13.4. The molecule has 5 atom stereocenters. The Balaban J connectivity index is 1.18. The van der Waals surface area contributed by atoms with E-state index in [1.54, 1.807) is 13.1 Å². The summed E-state index contributed by atoms with van der Waals surface area (Å²) in [6.45, 7) is 1.55. The normalized spacial score (nSPS) is 28.3. The molecule has 44 heavy (non-hydrogen) atoms. The van der Waals surface area contributed by atoms with Crippen LogP contribution in [0.5, 0.6) is 11.5 Å². The largest absolute Gasteiger partial charge is 0.504 e. The third-order valence-electron chi connectivity index (χ3n) is 10.4. The molecule has 2 heterocycles. The molecule has 228 valence electrons. The number of likely N-dealkylation sites (tertiary alicyclic amines) is 1. The second-order valence-corrected chi connectivity index (χ2v) is 12.5. The number of aromatic hydroxyl groups is 1. The van der Waals surface area contributed by atoms with Gasteiger partial charge in [-0.05, 0) is 80.1 Å². The van der Waals surface area contributed by atoms with Crippen LogP contribution in [-0.2, 0) is 29.2 Å². The molecule has 0 aromatic heterocycles. The van der Waals surface area contributed by atoms with E-state index >= 15 is 0 Å². The Morgan fingerprint density at radius 3 is 2.57 bits per heavy atom. The fourth-order valence-electron chi connectivity index (χ4n) is 8.29. The topological polar surface area (TPSA) is 73.2 Å². The van der Waals surface area contributed by atoms with E-state index < -0.39 is 40.8 Å². The standard InChI is InChI=1S/C35H33F3N2O4/c1-39(29(42)14-9-23-7-11-25(12-8-23)35(36,37)38)26-15-17-34(43)28-21-24-10-13-27(41)31-30(24)33(34,32(26)44-31)18-20-40(28)19-16-22-5-3-2-4-6-22/h2-8,10-13,26,28,32,41,43H,15-21H2,1H3/t26-,28+,32-,33-,34+/m0/s1. The average molecular weight is 603 g/mol. The van der Waals surface area contributed by atoms with Crippen LogP contribution in [0.25, 0.3) is 0 Å². The number of amides is 1. The monoisotopic (exact) mass is 602 g/mol. The number of likely N-dealkylation sites (N-methyl/N-ethyl adjacent to an activating group) is 1. The van der Waals surface area contributed by atoms with Crippen LogP contribution in [0.4, 0.5) is 13.2 Å². The zero-order valence-corrected chi connectivity index (χ0v) is 24.3. The van der Waals surface area contributed by atoms with Gasteiger partial charge in [0.05, 0.1) is 22.6 Å². The van der Waals surface area contributed by atoms with Crippen molar-refractivity contribution < 1.29 is 32.9 Å². The van der Waals surface area contributed by atoms with Crippen molar-refractivity contribution in [2.45, 2.75) is 67.5 Å². The van der Waals surface area contributed by atoms with Gasteiger partial charge in [-0.2, -0.15) is 13.2 Å². The fraction of sp³-hybridized carbons (Fsp3) is 0.400. The SMILES string of the molecule is CN(C(=O)C#Cc1ccc(C(F)(F)F)cc1)[C@H]1CC[C@@]2(O)[C@H]3Cc4ccc(O)c5c4[C@@]2(CCN3CCc2ccccc2)[C@H]1O5. The zero-order chi connectivity index (χ0) is 30.9. The van der Waals surface area contributed by atoms with Crippen LogP contribution >= 0.6 is 0 Å². The van der Waals surface area contributed by atoms with Gasteiger partial charge in [0.2, 0.25) is 0 Å². The summed E-state index contributed by atoms with van der Waals surface area (Å²) in [7, 11) is 1.65. The summed E-state index contributed by atoms with van der Waals surface area (Å²) in [6.07, 6.45) is -2.01. The minimum atomic E-state index is -4.45. The van der Waals surface area contributed by atoms with Crippen LogP contribution in [-0.4, -0.2) is 69.8 Å². The summed E-state index contributed by atoms with van der Waals surface area (Å²) in [5.74, 6) is 5.21. The quantitative estimate of drug-likeness (QED) is 0.425. The number of hydrogen-bond donors (Lipinski definition) is 2. The predicted octanol–water partition coefficient (Wildman–Crippen LogP) is 4.69. The summed E-state index contributed by atoms with van der Waals surface area (Å²) >= 11 is 0. The lowest BCUT2D eigenvalue weighted by Gasteiger charge is -2.64. The number of phenolic OH excluding ortho intramolecular Hbond substituents is 1. The fourth-order valence-corrected chi connectivity index (χ4v) is 8.29. The third-order valence-corrected chi connectivity index (χ3v) is 10.4. The third kappa shape index (κ3) is 4.30. The Hall–Kier alpha value is -4.00. The molecule has 2 bridgehead atoms. The van der Waals surface area contributed by atoms with Crippen molar-refractivity contribution in [2.75, 3.05) is 20.1 Å². The number of ether oxygens (including phenoxy) is 1. The minimum absolute atomic E-state index is 0.0228. The number of halogens is 3. The number of aliphatic hydroxyl groups is 1. The molecule has 1 spiro atoms. The first kappa shape index (κ1) is 28.8. The van der Waals surface area contributed by atoms with E-state index in [1.165, 1.54) is 22.6 Å². The highest BCUT2D eigenvalue weighted by Gasteiger charge is 2.73. The van der Waals surface area contributed by atoms with Crippen molar-refractivity contribution in [3.05, 3.63) is 94.5 Å². The van der Waals surface area contributed by atoms with E-state index in [1.807, 2.05) is 24.3 Å². The molecule has 2 aliphatic carbocycles. The van der Waals surface area contributed by atoms with E-state index in [0.29, 0.717) is 37.0 Å². The first-order chi connectivity index (χ1) is 21.0. The summed E-state index contributed by atoms with van der Waals surface area (Å²) in [5.41, 5.74) is 0.755. The van der Waals surface area contributed by atoms with Crippen LogP contribution in [0.15, 0.2) is 66.7 Å². The first-order valence-electron chi connectivity index (χ1n) is 15.0. The molecule has 9 heteroatoms. The number of rotatable bonds is 4. The lowest BCUT2D eigenvalue weighted by molar-refractivity contribution is -0.199. The van der Waals surface area contributed by atoms with Crippen LogP contribution < -0.4 is 4.74 Å². The van der Waals surface area contributed by atoms with Gasteiger partial charge in [0.1, 0.15) is 6.10 Å². The molecule has 2 N–H and O–H groups in total. The average Bonchev–Trinajstić information content (AvgIpc) is 3.36. The Kier molecular flexibility index (Phi) is 6.72. The van der Waals surface area contributed by atoms with Crippen molar-refractivity contribution >= 4 is 5.91 Å². The molecule has 2 fully saturated rings. The zero-order valence-electron chi connectivity index (χ0n) is 24.3. The number of alkyl halides is 3. The lowest BCUT2D eigenvalue weighted by atomic mass is 9.48. The van der Waals surface area contributed by atoms with Crippen molar-refractivity contribution in [1.29, 1.82) is 0 Å². The number of benzene rings is 3. The van der Waals surface area contributed by atoms with Crippen molar-refractivity contribution in [3.8, 4) is 23.3 Å². The van der Waals surface area contributed by atoms with Crippen molar-refractivity contribution in [2.24, 2.45) is 0 Å². The Bertz CT molecular complexity index is 1670. The maximum absolute atomic E-state index is 13.4. The van der Waals surface area contributed by atoms with Gasteiger partial charge in [0.15, 0.2) is 11.5 Å². The summed E-state index contributed by atoms with van der Waals surface area (Å²) in [5, 5.41) is 23.6. The van der Waals surface area contributed by atoms with Crippen LogP contribution in [0.1, 0.15) is 47.1 Å². The van der Waals surface area contributed by atoms with Gasteiger partial charge in [-0.1, -0.05) is 42.3 Å². The molecular weight excluding hydrogens is 569 g/mol. The number of piperidine rings is 1. The van der Waals surface area contributed by atoms with E-state index in [2.05, 4.69) is 28.9 Å². The van der Waals surface area contributed by atoms with Gasteiger partial charge in [-0.15, -0.1) is 0 Å². The van der Waals surface area contributed by atoms with E-state index in [-0.39, 0.29) is 11.8 Å². The Morgan fingerprint density at radius 2 is 1.84 bits per heavy atom. The number of carbonyl (C=O) groups excluding carboxylic acids is 1. The van der Waals surface area contributed by atoms with Gasteiger partial charge >= 0.3 is 6.18 Å². The first-order valence-corrected chi connectivity index (χ1v) is 15.0. The molecule has 7 rings (SSSR count). The van der Waals surface area contributed by atoms with Gasteiger partial charge < -0.3 is 19.8 Å². The molecule has 6 nitrogen and oxygen atoms in total. The van der Waals surface area contributed by atoms with Crippen LogP contribution in [0.2, 0.25) is 0 Å². The second-order valence-electron chi connectivity index (χ2n) is 12.5. The van der Waals surface area contributed by atoms with E-state index in [9.17, 15) is 28.2 Å². The highest BCUT2D eigenvalue weighted by molar-refractivity contribution is 5.94.